The highest BCUT2D eigenvalue weighted by Crippen LogP contribution is 2.30. The SMILES string of the molecule is COC1(C)CCCN(c2cccc(C(F)(F)C(=O)O)n2)CC1. The van der Waals surface area contributed by atoms with Gasteiger partial charge in [-0.05, 0) is 38.3 Å². The molecule has 0 amide bonds. The quantitative estimate of drug-likeness (QED) is 0.925. The Morgan fingerprint density at radius 3 is 2.77 bits per heavy atom. The lowest BCUT2D eigenvalue weighted by molar-refractivity contribution is -0.166. The lowest BCUT2D eigenvalue weighted by atomic mass is 9.97. The van der Waals surface area contributed by atoms with Crippen LogP contribution in [0.25, 0.3) is 0 Å². The minimum absolute atomic E-state index is 0.225. The molecule has 1 aliphatic heterocycles. The minimum Gasteiger partial charge on any atom is -0.476 e. The molecule has 0 spiro atoms. The summed E-state index contributed by atoms with van der Waals surface area (Å²) in [6.07, 6.45) is 2.49. The van der Waals surface area contributed by atoms with Crippen LogP contribution in [0.5, 0.6) is 0 Å². The molecule has 2 rings (SSSR count). The maximum atomic E-state index is 13.6. The number of carboxylic acids is 1. The third-order valence-electron chi connectivity index (χ3n) is 4.19. The Bertz CT molecular complexity index is 553. The molecule has 1 aliphatic rings. The molecule has 0 aromatic carbocycles. The maximum Gasteiger partial charge on any atom is 0.384 e. The largest absolute Gasteiger partial charge is 0.476 e. The Kier molecular flexibility index (Phi) is 4.65. The van der Waals surface area contributed by atoms with Crippen molar-refractivity contribution in [3.05, 3.63) is 23.9 Å². The zero-order valence-corrected chi connectivity index (χ0v) is 12.7. The van der Waals surface area contributed by atoms with Crippen molar-refractivity contribution in [2.75, 3.05) is 25.1 Å². The molecule has 1 aromatic heterocycles. The van der Waals surface area contributed by atoms with E-state index in [0.29, 0.717) is 18.9 Å². The molecule has 1 fully saturated rings. The van der Waals surface area contributed by atoms with Crippen LogP contribution < -0.4 is 4.90 Å². The lowest BCUT2D eigenvalue weighted by Gasteiger charge is -2.27. The first-order valence-corrected chi connectivity index (χ1v) is 7.17. The van der Waals surface area contributed by atoms with Gasteiger partial charge in [-0.25, -0.2) is 9.78 Å². The van der Waals surface area contributed by atoms with Crippen molar-refractivity contribution >= 4 is 11.8 Å². The number of alkyl halides is 2. The number of aromatic nitrogens is 1. The Morgan fingerprint density at radius 2 is 2.14 bits per heavy atom. The highest BCUT2D eigenvalue weighted by atomic mass is 19.3. The zero-order chi connectivity index (χ0) is 16.4. The van der Waals surface area contributed by atoms with Gasteiger partial charge in [-0.15, -0.1) is 0 Å². The van der Waals surface area contributed by atoms with E-state index >= 15 is 0 Å². The summed E-state index contributed by atoms with van der Waals surface area (Å²) in [6.45, 7) is 3.33. The first kappa shape index (κ1) is 16.6. The summed E-state index contributed by atoms with van der Waals surface area (Å²) in [6, 6.07) is 4.07. The van der Waals surface area contributed by atoms with Gasteiger partial charge < -0.3 is 14.7 Å². The van der Waals surface area contributed by atoms with E-state index in [2.05, 4.69) is 4.98 Å². The van der Waals surface area contributed by atoms with Gasteiger partial charge in [0.2, 0.25) is 0 Å². The summed E-state index contributed by atoms with van der Waals surface area (Å²) in [5, 5.41) is 8.62. The van der Waals surface area contributed by atoms with Crippen LogP contribution in [0.2, 0.25) is 0 Å². The monoisotopic (exact) mass is 314 g/mol. The van der Waals surface area contributed by atoms with Crippen molar-refractivity contribution in [3.8, 4) is 0 Å². The molecular weight excluding hydrogens is 294 g/mol. The molecule has 2 heterocycles. The van der Waals surface area contributed by atoms with Crippen molar-refractivity contribution in [1.29, 1.82) is 0 Å². The summed E-state index contributed by atoms with van der Waals surface area (Å²) in [7, 11) is 1.67. The predicted octanol–water partition coefficient (Wildman–Crippen LogP) is 2.65. The molecule has 0 saturated carbocycles. The van der Waals surface area contributed by atoms with E-state index in [4.69, 9.17) is 9.84 Å². The van der Waals surface area contributed by atoms with Gasteiger partial charge in [-0.2, -0.15) is 8.78 Å². The molecule has 0 bridgehead atoms. The number of anilines is 1. The topological polar surface area (TPSA) is 62.7 Å². The second-order valence-electron chi connectivity index (χ2n) is 5.76. The Balaban J connectivity index is 2.21. The average molecular weight is 314 g/mol. The fourth-order valence-corrected chi connectivity index (χ4v) is 2.57. The van der Waals surface area contributed by atoms with Gasteiger partial charge >= 0.3 is 11.9 Å². The van der Waals surface area contributed by atoms with E-state index in [-0.39, 0.29) is 5.60 Å². The van der Waals surface area contributed by atoms with Gasteiger partial charge in [0.15, 0.2) is 0 Å². The van der Waals surface area contributed by atoms with Crippen LogP contribution in [0.4, 0.5) is 14.6 Å². The highest BCUT2D eigenvalue weighted by Gasteiger charge is 2.43. The van der Waals surface area contributed by atoms with E-state index in [1.807, 2.05) is 11.8 Å². The minimum atomic E-state index is -3.98. The number of ether oxygens (including phenoxy) is 1. The molecule has 0 aliphatic carbocycles. The van der Waals surface area contributed by atoms with Crippen LogP contribution in [0, 0.1) is 0 Å². The number of hydrogen-bond acceptors (Lipinski definition) is 4. The molecule has 122 valence electrons. The van der Waals surface area contributed by atoms with E-state index < -0.39 is 17.6 Å². The van der Waals surface area contributed by atoms with Crippen molar-refractivity contribution in [3.63, 3.8) is 0 Å². The number of rotatable bonds is 4. The van der Waals surface area contributed by atoms with E-state index in [0.717, 1.165) is 25.3 Å². The van der Waals surface area contributed by atoms with Crippen LogP contribution in [-0.4, -0.2) is 41.9 Å². The first-order chi connectivity index (χ1) is 10.3. The lowest BCUT2D eigenvalue weighted by Crippen LogP contribution is -2.31. The first-order valence-electron chi connectivity index (χ1n) is 7.17. The fourth-order valence-electron chi connectivity index (χ4n) is 2.57. The Labute approximate surface area is 127 Å². The van der Waals surface area contributed by atoms with Crippen molar-refractivity contribution < 1.29 is 23.4 Å². The summed E-state index contributed by atoms with van der Waals surface area (Å²) < 4.78 is 32.7. The fraction of sp³-hybridized carbons (Fsp3) is 0.600. The average Bonchev–Trinajstić information content (AvgIpc) is 2.70. The number of methoxy groups -OCH3 is 1. The van der Waals surface area contributed by atoms with Crippen molar-refractivity contribution in [2.45, 2.75) is 37.7 Å². The van der Waals surface area contributed by atoms with E-state index in [1.165, 1.54) is 6.07 Å². The zero-order valence-electron chi connectivity index (χ0n) is 12.7. The molecule has 1 unspecified atom stereocenters. The third kappa shape index (κ3) is 3.35. The van der Waals surface area contributed by atoms with Crippen molar-refractivity contribution in [1.82, 2.24) is 4.98 Å². The molecule has 5 nitrogen and oxygen atoms in total. The molecule has 0 radical (unpaired) electrons. The number of pyridine rings is 1. The predicted molar refractivity (Wildman–Crippen MR) is 77.2 cm³/mol. The number of nitrogens with zero attached hydrogens (tertiary/aromatic N) is 2. The van der Waals surface area contributed by atoms with Gasteiger partial charge in [0.25, 0.3) is 0 Å². The standard InChI is InChI=1S/C15H20F2N2O3/c1-14(22-2)7-4-9-19(10-8-14)12-6-3-5-11(18-12)15(16,17)13(20)21/h3,5-6H,4,7-10H2,1-2H3,(H,20,21). The molecule has 1 atom stereocenters. The number of carbonyl (C=O) groups is 1. The molecule has 22 heavy (non-hydrogen) atoms. The molecular formula is C15H20F2N2O3. The molecule has 1 saturated heterocycles. The highest BCUT2D eigenvalue weighted by molar-refractivity contribution is 5.76. The second kappa shape index (κ2) is 6.16. The van der Waals surface area contributed by atoms with Crippen LogP contribution >= 0.6 is 0 Å². The maximum absolute atomic E-state index is 13.6. The van der Waals surface area contributed by atoms with Gasteiger partial charge in [0.1, 0.15) is 11.5 Å². The van der Waals surface area contributed by atoms with Gasteiger partial charge in [0, 0.05) is 20.2 Å². The summed E-state index contributed by atoms with van der Waals surface area (Å²) >= 11 is 0. The number of carboxylic acid groups (broad SMARTS) is 1. The molecule has 7 heteroatoms. The normalized spacial score (nSPS) is 23.2. The van der Waals surface area contributed by atoms with Gasteiger partial charge in [0.05, 0.1) is 5.60 Å². The van der Waals surface area contributed by atoms with E-state index in [9.17, 15) is 13.6 Å². The summed E-state index contributed by atoms with van der Waals surface area (Å²) in [5.74, 6) is -5.80. The van der Waals surface area contributed by atoms with Gasteiger partial charge in [-0.3, -0.25) is 0 Å². The smallest absolute Gasteiger partial charge is 0.384 e. The Hall–Kier alpha value is -1.76. The van der Waals surface area contributed by atoms with Gasteiger partial charge in [-0.1, -0.05) is 6.07 Å². The van der Waals surface area contributed by atoms with Crippen LogP contribution in [0.15, 0.2) is 18.2 Å². The molecule has 1 N–H and O–H groups in total. The van der Waals surface area contributed by atoms with Crippen molar-refractivity contribution in [2.24, 2.45) is 0 Å². The van der Waals surface area contributed by atoms with Crippen LogP contribution in [-0.2, 0) is 15.5 Å². The number of aliphatic carboxylic acids is 1. The third-order valence-corrected chi connectivity index (χ3v) is 4.19. The van der Waals surface area contributed by atoms with E-state index in [1.54, 1.807) is 13.2 Å². The van der Waals surface area contributed by atoms with Crippen LogP contribution in [0.3, 0.4) is 0 Å². The Morgan fingerprint density at radius 1 is 1.41 bits per heavy atom. The summed E-state index contributed by atoms with van der Waals surface area (Å²) in [5.41, 5.74) is -0.964. The summed E-state index contributed by atoms with van der Waals surface area (Å²) in [4.78, 5) is 16.4. The van der Waals surface area contributed by atoms with Crippen LogP contribution in [0.1, 0.15) is 31.9 Å². The molecule has 1 aromatic rings. The number of hydrogen-bond donors (Lipinski definition) is 1. The number of halogens is 2. The second-order valence-corrected chi connectivity index (χ2v) is 5.76.